The average Bonchev–Trinajstić information content (AvgIpc) is 2.24. The lowest BCUT2D eigenvalue weighted by Crippen LogP contribution is -2.16. The fourth-order valence-corrected chi connectivity index (χ4v) is 3.28. The number of fused-ring (bicyclic) bond motifs is 1. The number of nitrogens with two attached hydrogens (primary N) is 2. The molecule has 0 aliphatic carbocycles. The van der Waals surface area contributed by atoms with Crippen LogP contribution < -0.4 is 10.3 Å². The van der Waals surface area contributed by atoms with Gasteiger partial charge in [-0.3, -0.25) is 0 Å². The molecule has 2 aromatic rings. The summed E-state index contributed by atoms with van der Waals surface area (Å²) in [5.74, 6) is 0. The van der Waals surface area contributed by atoms with Gasteiger partial charge in [0.15, 0.2) is 0 Å². The van der Waals surface area contributed by atoms with Crippen molar-refractivity contribution in [2.45, 2.75) is 14.7 Å². The van der Waals surface area contributed by atoms with Gasteiger partial charge < -0.3 is 0 Å². The molecule has 0 saturated heterocycles. The minimum Gasteiger partial charge on any atom is -0.225 e. The van der Waals surface area contributed by atoms with Crippen molar-refractivity contribution >= 4 is 43.4 Å². The van der Waals surface area contributed by atoms with Gasteiger partial charge in [0.1, 0.15) is 0 Å². The fourth-order valence-electron chi connectivity index (χ4n) is 1.68. The molecule has 0 atom stereocenters. The van der Waals surface area contributed by atoms with Gasteiger partial charge in [-0.25, -0.2) is 27.1 Å². The molecule has 0 aliphatic heterocycles. The van der Waals surface area contributed by atoms with Gasteiger partial charge in [0.25, 0.3) is 0 Å². The van der Waals surface area contributed by atoms with Gasteiger partial charge in [0, 0.05) is 10.3 Å². The molecule has 0 saturated carbocycles. The SMILES string of the molecule is NS(=O)(=O)c1cc(S(N)(=O)=O)c2cc([S])ccc2c1. The number of rotatable bonds is 2. The highest BCUT2D eigenvalue weighted by Crippen LogP contribution is 2.28. The van der Waals surface area contributed by atoms with Gasteiger partial charge in [0.2, 0.25) is 20.0 Å². The smallest absolute Gasteiger partial charge is 0.225 e. The van der Waals surface area contributed by atoms with Crippen LogP contribution in [-0.4, -0.2) is 16.8 Å². The maximum Gasteiger partial charge on any atom is 0.238 e. The Labute approximate surface area is 115 Å². The number of sulfonamides is 2. The summed E-state index contributed by atoms with van der Waals surface area (Å²) in [5, 5.41) is 10.7. The summed E-state index contributed by atoms with van der Waals surface area (Å²) in [6, 6.07) is 6.71. The lowest BCUT2D eigenvalue weighted by Gasteiger charge is -2.08. The summed E-state index contributed by atoms with van der Waals surface area (Å²) in [7, 11) is -8.13. The Morgan fingerprint density at radius 3 is 2.05 bits per heavy atom. The predicted octanol–water partition coefficient (Wildman–Crippen LogP) is 0.691. The molecular weight excluding hydrogens is 308 g/mol. The summed E-state index contributed by atoms with van der Waals surface area (Å²) in [6.07, 6.45) is 0. The topological polar surface area (TPSA) is 120 Å². The Hall–Kier alpha value is -1.26. The van der Waals surface area contributed by atoms with Crippen LogP contribution in [-0.2, 0) is 20.0 Å². The zero-order chi connectivity index (χ0) is 14.4. The van der Waals surface area contributed by atoms with Crippen LogP contribution in [0.1, 0.15) is 0 Å². The first-order valence-corrected chi connectivity index (χ1v) is 8.39. The first-order chi connectivity index (χ1) is 8.59. The monoisotopic (exact) mass is 317 g/mol. The van der Waals surface area contributed by atoms with Crippen molar-refractivity contribution in [1.29, 1.82) is 0 Å². The van der Waals surface area contributed by atoms with Crippen molar-refractivity contribution < 1.29 is 16.8 Å². The van der Waals surface area contributed by atoms with Gasteiger partial charge in [-0.2, -0.15) is 0 Å². The van der Waals surface area contributed by atoms with E-state index in [-0.39, 0.29) is 15.2 Å². The highest BCUT2D eigenvalue weighted by atomic mass is 32.2. The van der Waals surface area contributed by atoms with Gasteiger partial charge in [0.05, 0.1) is 9.79 Å². The van der Waals surface area contributed by atoms with Crippen molar-refractivity contribution in [2.75, 3.05) is 0 Å². The summed E-state index contributed by atoms with van der Waals surface area (Å²) in [6.45, 7) is 0. The average molecular weight is 317 g/mol. The number of primary sulfonamides is 2. The van der Waals surface area contributed by atoms with Crippen molar-refractivity contribution in [1.82, 2.24) is 0 Å². The Bertz CT molecular complexity index is 873. The third-order valence-electron chi connectivity index (χ3n) is 2.50. The lowest BCUT2D eigenvalue weighted by molar-refractivity contribution is 0.596. The molecule has 0 unspecified atom stereocenters. The Kier molecular flexibility index (Phi) is 3.27. The van der Waals surface area contributed by atoms with E-state index < -0.39 is 20.0 Å². The molecule has 0 spiro atoms. The molecule has 0 aliphatic rings. The van der Waals surface area contributed by atoms with Gasteiger partial charge >= 0.3 is 0 Å². The number of benzene rings is 2. The van der Waals surface area contributed by atoms with E-state index in [1.165, 1.54) is 18.2 Å². The van der Waals surface area contributed by atoms with E-state index in [0.29, 0.717) is 10.3 Å². The minimum atomic E-state index is -4.10. The summed E-state index contributed by atoms with van der Waals surface area (Å²) >= 11 is 4.95. The first kappa shape index (κ1) is 14.2. The van der Waals surface area contributed by atoms with Crippen LogP contribution in [0.4, 0.5) is 0 Å². The highest BCUT2D eigenvalue weighted by molar-refractivity contribution is 7.90. The number of hydrogen-bond acceptors (Lipinski definition) is 4. The molecular formula is C10H9N2O4S3. The van der Waals surface area contributed by atoms with Gasteiger partial charge in [-0.15, -0.1) is 0 Å². The molecule has 101 valence electrons. The summed E-state index contributed by atoms with van der Waals surface area (Å²) in [5.41, 5.74) is 0. The van der Waals surface area contributed by atoms with E-state index >= 15 is 0 Å². The maximum absolute atomic E-state index is 11.5. The second kappa shape index (κ2) is 4.39. The Morgan fingerprint density at radius 1 is 0.895 bits per heavy atom. The molecule has 2 aromatic carbocycles. The van der Waals surface area contributed by atoms with E-state index in [0.717, 1.165) is 6.07 Å². The van der Waals surface area contributed by atoms with Crippen LogP contribution in [0.15, 0.2) is 45.0 Å². The van der Waals surface area contributed by atoms with E-state index in [4.69, 9.17) is 22.9 Å². The minimum absolute atomic E-state index is 0.266. The van der Waals surface area contributed by atoms with Crippen LogP contribution in [0.2, 0.25) is 0 Å². The second-order valence-electron chi connectivity index (χ2n) is 3.89. The van der Waals surface area contributed by atoms with E-state index in [1.807, 2.05) is 0 Å². The fraction of sp³-hybridized carbons (Fsp3) is 0. The second-order valence-corrected chi connectivity index (χ2v) is 7.46. The Balaban J connectivity index is 3.01. The van der Waals surface area contributed by atoms with Gasteiger partial charge in [-0.1, -0.05) is 18.7 Å². The normalized spacial score (nSPS) is 12.7. The molecule has 2 rings (SSSR count). The maximum atomic E-state index is 11.5. The lowest BCUT2D eigenvalue weighted by atomic mass is 10.1. The molecule has 0 amide bonds. The van der Waals surface area contributed by atoms with Crippen LogP contribution in [0.5, 0.6) is 0 Å². The van der Waals surface area contributed by atoms with Gasteiger partial charge in [-0.05, 0) is 29.7 Å². The quantitative estimate of drug-likeness (QED) is 0.846. The van der Waals surface area contributed by atoms with E-state index in [9.17, 15) is 16.8 Å². The molecule has 0 bridgehead atoms. The molecule has 9 heteroatoms. The third-order valence-corrected chi connectivity index (χ3v) is 4.59. The van der Waals surface area contributed by atoms with E-state index in [1.54, 1.807) is 6.07 Å². The first-order valence-electron chi connectivity index (χ1n) is 4.89. The molecule has 0 fully saturated rings. The molecule has 1 radical (unpaired) electrons. The van der Waals surface area contributed by atoms with Crippen LogP contribution in [0.25, 0.3) is 10.8 Å². The summed E-state index contributed by atoms with van der Waals surface area (Å²) in [4.78, 5) is -0.220. The zero-order valence-electron chi connectivity index (χ0n) is 9.40. The molecule has 4 N–H and O–H groups in total. The van der Waals surface area contributed by atoms with Crippen LogP contribution in [0, 0.1) is 0 Å². The van der Waals surface area contributed by atoms with E-state index in [2.05, 4.69) is 0 Å². The predicted molar refractivity (Wildman–Crippen MR) is 72.6 cm³/mol. The standard InChI is InChI=1S/C10H9N2O4S3/c11-18(13,14)8-3-6-1-2-7(17)4-9(6)10(5-8)19(12,15)16/h1-5H,(H2,11,13,14)(H2,12,15,16). The Morgan fingerprint density at radius 2 is 1.53 bits per heavy atom. The van der Waals surface area contributed by atoms with Crippen molar-refractivity contribution in [3.63, 3.8) is 0 Å². The number of hydrogen-bond donors (Lipinski definition) is 2. The van der Waals surface area contributed by atoms with Crippen LogP contribution >= 0.6 is 12.6 Å². The third kappa shape index (κ3) is 2.85. The molecule has 6 nitrogen and oxygen atoms in total. The van der Waals surface area contributed by atoms with Crippen LogP contribution in [0.3, 0.4) is 0 Å². The zero-order valence-corrected chi connectivity index (χ0v) is 11.8. The van der Waals surface area contributed by atoms with Crippen molar-refractivity contribution in [3.05, 3.63) is 30.3 Å². The van der Waals surface area contributed by atoms with Crippen molar-refractivity contribution in [3.8, 4) is 0 Å². The largest absolute Gasteiger partial charge is 0.238 e. The summed E-state index contributed by atoms with van der Waals surface area (Å²) < 4.78 is 45.8. The molecule has 19 heavy (non-hydrogen) atoms. The molecule has 0 heterocycles. The highest BCUT2D eigenvalue weighted by Gasteiger charge is 2.18. The van der Waals surface area contributed by atoms with Crippen molar-refractivity contribution in [2.24, 2.45) is 10.3 Å². The molecule has 0 aromatic heterocycles.